The lowest BCUT2D eigenvalue weighted by Crippen LogP contribution is -1.88. The Bertz CT molecular complexity index is 251. The Morgan fingerprint density at radius 2 is 2.00 bits per heavy atom. The van der Waals surface area contributed by atoms with E-state index in [-0.39, 0.29) is 0 Å². The molecular weight excluding hydrogens is 134 g/mol. The summed E-state index contributed by atoms with van der Waals surface area (Å²) in [6.45, 7) is 0. The maximum atomic E-state index is 4.38. The van der Waals surface area contributed by atoms with Crippen molar-refractivity contribution in [1.29, 1.82) is 0 Å². The molecule has 1 aliphatic rings. The Hall–Kier alpha value is -1.11. The van der Waals surface area contributed by atoms with Gasteiger partial charge >= 0.3 is 0 Å². The van der Waals surface area contributed by atoms with E-state index in [1.165, 1.54) is 12.0 Å². The van der Waals surface area contributed by atoms with Crippen molar-refractivity contribution in [3.05, 3.63) is 35.9 Å². The van der Waals surface area contributed by atoms with Gasteiger partial charge in [0.15, 0.2) is 0 Å². The van der Waals surface area contributed by atoms with Crippen LogP contribution >= 0.6 is 0 Å². The molecule has 0 aliphatic carbocycles. The molecule has 0 amide bonds. The Balaban J connectivity index is 2.23. The van der Waals surface area contributed by atoms with Crippen LogP contribution in [0.25, 0.3) is 0 Å². The third-order valence-electron chi connectivity index (χ3n) is 2.04. The first-order valence-corrected chi connectivity index (χ1v) is 4.03. The van der Waals surface area contributed by atoms with E-state index >= 15 is 0 Å². The van der Waals surface area contributed by atoms with E-state index in [9.17, 15) is 0 Å². The first-order valence-electron chi connectivity index (χ1n) is 4.03. The summed E-state index contributed by atoms with van der Waals surface area (Å²) < 4.78 is 0. The summed E-state index contributed by atoms with van der Waals surface area (Å²) >= 11 is 0. The van der Waals surface area contributed by atoms with Gasteiger partial charge in [0, 0.05) is 0 Å². The molecule has 0 aromatic heterocycles. The van der Waals surface area contributed by atoms with Crippen LogP contribution in [0.4, 0.5) is 0 Å². The number of benzene rings is 1. The van der Waals surface area contributed by atoms with E-state index in [4.69, 9.17) is 0 Å². The minimum Gasteiger partial charge on any atom is -0.289 e. The van der Waals surface area contributed by atoms with E-state index < -0.39 is 0 Å². The normalized spacial score (nSPS) is 22.4. The monoisotopic (exact) mass is 145 g/mol. The van der Waals surface area contributed by atoms with Crippen LogP contribution in [0.15, 0.2) is 35.3 Å². The summed E-state index contributed by atoms with van der Waals surface area (Å²) in [5.41, 5.74) is 1.35. The lowest BCUT2D eigenvalue weighted by Gasteiger charge is -2.04. The Morgan fingerprint density at radius 3 is 2.64 bits per heavy atom. The van der Waals surface area contributed by atoms with Gasteiger partial charge in [-0.25, -0.2) is 0 Å². The van der Waals surface area contributed by atoms with Crippen molar-refractivity contribution < 1.29 is 0 Å². The molecule has 0 spiro atoms. The maximum Gasteiger partial charge on any atom is 0.0748 e. The molecule has 1 aromatic rings. The minimum atomic E-state index is 0.441. The van der Waals surface area contributed by atoms with Crippen LogP contribution in [0.2, 0.25) is 0 Å². The van der Waals surface area contributed by atoms with Gasteiger partial charge in [-0.3, -0.25) is 4.99 Å². The number of nitrogens with zero attached hydrogens (tertiary/aromatic N) is 1. The van der Waals surface area contributed by atoms with Gasteiger partial charge in [0.1, 0.15) is 0 Å². The van der Waals surface area contributed by atoms with Crippen LogP contribution in [0, 0.1) is 0 Å². The summed E-state index contributed by atoms with van der Waals surface area (Å²) in [6.07, 6.45) is 4.35. The van der Waals surface area contributed by atoms with Crippen LogP contribution in [-0.2, 0) is 0 Å². The summed E-state index contributed by atoms with van der Waals surface area (Å²) in [5, 5.41) is 0. The van der Waals surface area contributed by atoms with Crippen molar-refractivity contribution in [1.82, 2.24) is 0 Å². The second kappa shape index (κ2) is 2.87. The van der Waals surface area contributed by atoms with Crippen molar-refractivity contribution in [2.45, 2.75) is 18.9 Å². The fraction of sp³-hybridized carbons (Fsp3) is 0.300. The fourth-order valence-corrected chi connectivity index (χ4v) is 1.44. The lowest BCUT2D eigenvalue weighted by atomic mass is 10.1. The molecule has 0 N–H and O–H groups in total. The molecule has 1 nitrogen and oxygen atoms in total. The molecular formula is C10H11N. The molecule has 0 bridgehead atoms. The van der Waals surface area contributed by atoms with Gasteiger partial charge in [-0.2, -0.15) is 0 Å². The average molecular weight is 145 g/mol. The van der Waals surface area contributed by atoms with Gasteiger partial charge in [0.2, 0.25) is 0 Å². The largest absolute Gasteiger partial charge is 0.289 e. The number of hydrogen-bond donors (Lipinski definition) is 0. The molecule has 0 radical (unpaired) electrons. The minimum absolute atomic E-state index is 0.441. The molecule has 0 saturated carbocycles. The van der Waals surface area contributed by atoms with Crippen LogP contribution in [0.3, 0.4) is 0 Å². The van der Waals surface area contributed by atoms with Gasteiger partial charge in [-0.05, 0) is 24.6 Å². The highest BCUT2D eigenvalue weighted by Crippen LogP contribution is 2.25. The van der Waals surface area contributed by atoms with Crippen molar-refractivity contribution >= 4 is 6.21 Å². The second-order valence-corrected chi connectivity index (χ2v) is 2.84. The smallest absolute Gasteiger partial charge is 0.0748 e. The van der Waals surface area contributed by atoms with Crippen LogP contribution in [0.5, 0.6) is 0 Å². The van der Waals surface area contributed by atoms with Crippen molar-refractivity contribution in [2.24, 2.45) is 4.99 Å². The van der Waals surface area contributed by atoms with E-state index in [1.54, 1.807) is 0 Å². The third kappa shape index (κ3) is 1.32. The predicted molar refractivity (Wildman–Crippen MR) is 46.9 cm³/mol. The third-order valence-corrected chi connectivity index (χ3v) is 2.04. The molecule has 1 aliphatic heterocycles. The van der Waals surface area contributed by atoms with Crippen LogP contribution in [-0.4, -0.2) is 6.21 Å². The van der Waals surface area contributed by atoms with E-state index in [0.717, 1.165) is 6.42 Å². The molecule has 11 heavy (non-hydrogen) atoms. The zero-order chi connectivity index (χ0) is 7.52. The van der Waals surface area contributed by atoms with Crippen LogP contribution < -0.4 is 0 Å². The van der Waals surface area contributed by atoms with E-state index in [1.807, 2.05) is 12.3 Å². The van der Waals surface area contributed by atoms with Gasteiger partial charge in [-0.15, -0.1) is 0 Å². The second-order valence-electron chi connectivity index (χ2n) is 2.84. The first-order chi connectivity index (χ1) is 5.47. The summed E-state index contributed by atoms with van der Waals surface area (Å²) in [6, 6.07) is 10.9. The molecule has 1 aromatic carbocycles. The molecule has 56 valence electrons. The molecule has 1 unspecified atom stereocenters. The Kier molecular flexibility index (Phi) is 1.72. The number of hydrogen-bond acceptors (Lipinski definition) is 1. The van der Waals surface area contributed by atoms with Crippen molar-refractivity contribution in [3.8, 4) is 0 Å². The average Bonchev–Trinajstić information content (AvgIpc) is 2.58. The molecule has 1 heteroatoms. The van der Waals surface area contributed by atoms with E-state index in [0.29, 0.717) is 6.04 Å². The van der Waals surface area contributed by atoms with Crippen molar-refractivity contribution in [3.63, 3.8) is 0 Å². The molecule has 2 rings (SSSR count). The van der Waals surface area contributed by atoms with Crippen LogP contribution in [0.1, 0.15) is 24.4 Å². The summed E-state index contributed by atoms with van der Waals surface area (Å²) in [5.74, 6) is 0. The Morgan fingerprint density at radius 1 is 1.18 bits per heavy atom. The van der Waals surface area contributed by atoms with Gasteiger partial charge in [-0.1, -0.05) is 30.3 Å². The zero-order valence-corrected chi connectivity index (χ0v) is 6.40. The standard InChI is InChI=1S/C10H11N/c1-2-5-9(6-3-1)10-7-4-8-11-10/h1-3,5-6,8,10H,4,7H2. The van der Waals surface area contributed by atoms with Gasteiger partial charge < -0.3 is 0 Å². The van der Waals surface area contributed by atoms with Crippen molar-refractivity contribution in [2.75, 3.05) is 0 Å². The van der Waals surface area contributed by atoms with Gasteiger partial charge in [0.05, 0.1) is 6.04 Å². The van der Waals surface area contributed by atoms with E-state index in [2.05, 4.69) is 29.3 Å². The fourth-order valence-electron chi connectivity index (χ4n) is 1.44. The number of rotatable bonds is 1. The highest BCUT2D eigenvalue weighted by atomic mass is 14.8. The predicted octanol–water partition coefficient (Wildman–Crippen LogP) is 2.59. The molecule has 1 heterocycles. The van der Waals surface area contributed by atoms with Gasteiger partial charge in [0.25, 0.3) is 0 Å². The topological polar surface area (TPSA) is 12.4 Å². The maximum absolute atomic E-state index is 4.38. The number of aliphatic imine (C=N–C) groups is 1. The lowest BCUT2D eigenvalue weighted by molar-refractivity contribution is 0.723. The Labute approximate surface area is 66.8 Å². The SMILES string of the molecule is C1=NC(c2ccccc2)CC1. The molecule has 1 atom stereocenters. The molecule has 0 fully saturated rings. The quantitative estimate of drug-likeness (QED) is 0.576. The summed E-state index contributed by atoms with van der Waals surface area (Å²) in [7, 11) is 0. The molecule has 0 saturated heterocycles. The summed E-state index contributed by atoms with van der Waals surface area (Å²) in [4.78, 5) is 4.38. The zero-order valence-electron chi connectivity index (χ0n) is 6.40. The highest BCUT2D eigenvalue weighted by molar-refractivity contribution is 5.60. The first kappa shape index (κ1) is 6.59. The highest BCUT2D eigenvalue weighted by Gasteiger charge is 2.11.